The van der Waals surface area contributed by atoms with Crippen LogP contribution in [-0.2, 0) is 0 Å². The van der Waals surface area contributed by atoms with Crippen molar-refractivity contribution in [2.45, 2.75) is 25.8 Å². The van der Waals surface area contributed by atoms with E-state index in [-0.39, 0.29) is 11.9 Å². The number of rotatable bonds is 2. The molecule has 1 fully saturated rings. The minimum atomic E-state index is -0.0452. The summed E-state index contributed by atoms with van der Waals surface area (Å²) in [5, 5.41) is 10.1. The van der Waals surface area contributed by atoms with Crippen LogP contribution in [0.2, 0.25) is 0 Å². The summed E-state index contributed by atoms with van der Waals surface area (Å²) in [7, 11) is 0. The van der Waals surface area contributed by atoms with Gasteiger partial charge in [0.05, 0.1) is 5.69 Å². The van der Waals surface area contributed by atoms with E-state index in [2.05, 4.69) is 20.2 Å². The Morgan fingerprint density at radius 2 is 2.53 bits per heavy atom. The van der Waals surface area contributed by atoms with Gasteiger partial charge in [0, 0.05) is 12.6 Å². The maximum Gasteiger partial charge on any atom is 0.265 e. The third-order valence-electron chi connectivity index (χ3n) is 2.49. The van der Waals surface area contributed by atoms with E-state index in [1.807, 2.05) is 0 Å². The molecule has 0 aromatic carbocycles. The second-order valence-corrected chi connectivity index (χ2v) is 4.46. The summed E-state index contributed by atoms with van der Waals surface area (Å²) in [5.41, 5.74) is 0.710. The number of hydrogen-bond donors (Lipinski definition) is 2. The molecule has 15 heavy (non-hydrogen) atoms. The average molecular weight is 226 g/mol. The van der Waals surface area contributed by atoms with Crippen LogP contribution in [0.25, 0.3) is 0 Å². The van der Waals surface area contributed by atoms with Crippen LogP contribution in [0.3, 0.4) is 0 Å². The zero-order chi connectivity index (χ0) is 10.7. The number of hydrogen-bond acceptors (Lipinski definition) is 5. The fraction of sp³-hybridized carbons (Fsp3) is 0.667. The van der Waals surface area contributed by atoms with Crippen molar-refractivity contribution in [3.05, 3.63) is 10.6 Å². The van der Waals surface area contributed by atoms with Crippen LogP contribution in [0, 0.1) is 6.92 Å². The molecule has 1 atom stereocenters. The van der Waals surface area contributed by atoms with Gasteiger partial charge in [-0.2, -0.15) is 0 Å². The molecule has 0 radical (unpaired) electrons. The minimum Gasteiger partial charge on any atom is -0.347 e. The number of aromatic nitrogens is 2. The van der Waals surface area contributed by atoms with Crippen molar-refractivity contribution in [1.29, 1.82) is 0 Å². The summed E-state index contributed by atoms with van der Waals surface area (Å²) >= 11 is 1.15. The molecule has 1 aliphatic heterocycles. The summed E-state index contributed by atoms with van der Waals surface area (Å²) in [6, 6.07) is 0.243. The maximum atomic E-state index is 11.8. The Balaban J connectivity index is 1.94. The summed E-state index contributed by atoms with van der Waals surface area (Å²) in [6.07, 6.45) is 2.16. The first-order valence-electron chi connectivity index (χ1n) is 5.08. The number of aryl methyl sites for hydroxylation is 1. The van der Waals surface area contributed by atoms with E-state index in [1.165, 1.54) is 0 Å². The quantitative estimate of drug-likeness (QED) is 0.762. The van der Waals surface area contributed by atoms with E-state index in [9.17, 15) is 4.79 Å². The second-order valence-electron chi connectivity index (χ2n) is 3.70. The van der Waals surface area contributed by atoms with Crippen LogP contribution in [-0.4, -0.2) is 34.6 Å². The number of carbonyl (C=O) groups is 1. The molecule has 6 heteroatoms. The first-order valence-corrected chi connectivity index (χ1v) is 5.85. The molecule has 0 aliphatic carbocycles. The molecule has 82 valence electrons. The number of piperidine rings is 1. The highest BCUT2D eigenvalue weighted by Gasteiger charge is 2.19. The molecule has 0 saturated carbocycles. The SMILES string of the molecule is Cc1nnsc1C(=O)N[C@@H]1CCCNC1. The van der Waals surface area contributed by atoms with Crippen LogP contribution >= 0.6 is 11.5 Å². The first kappa shape index (κ1) is 10.5. The van der Waals surface area contributed by atoms with Gasteiger partial charge in [-0.3, -0.25) is 4.79 Å². The van der Waals surface area contributed by atoms with Gasteiger partial charge < -0.3 is 10.6 Å². The highest BCUT2D eigenvalue weighted by Crippen LogP contribution is 2.10. The van der Waals surface area contributed by atoms with Crippen LogP contribution in [0.5, 0.6) is 0 Å². The molecule has 2 heterocycles. The summed E-state index contributed by atoms with van der Waals surface area (Å²) < 4.78 is 3.75. The monoisotopic (exact) mass is 226 g/mol. The van der Waals surface area contributed by atoms with Crippen LogP contribution in [0.15, 0.2) is 0 Å². The first-order chi connectivity index (χ1) is 7.27. The molecular weight excluding hydrogens is 212 g/mol. The minimum absolute atomic E-state index is 0.0452. The molecule has 1 aromatic heterocycles. The molecule has 1 aromatic rings. The van der Waals surface area contributed by atoms with E-state index >= 15 is 0 Å². The highest BCUT2D eigenvalue weighted by atomic mass is 32.1. The fourth-order valence-electron chi connectivity index (χ4n) is 1.67. The lowest BCUT2D eigenvalue weighted by molar-refractivity contribution is 0.0934. The van der Waals surface area contributed by atoms with Gasteiger partial charge in [-0.15, -0.1) is 5.10 Å². The summed E-state index contributed by atoms with van der Waals surface area (Å²) in [6.45, 7) is 3.71. The zero-order valence-electron chi connectivity index (χ0n) is 8.62. The highest BCUT2D eigenvalue weighted by molar-refractivity contribution is 7.07. The third kappa shape index (κ3) is 2.51. The van der Waals surface area contributed by atoms with Gasteiger partial charge in [0.25, 0.3) is 5.91 Å². The Labute approximate surface area is 92.4 Å². The van der Waals surface area contributed by atoms with Crippen molar-refractivity contribution in [2.24, 2.45) is 0 Å². The largest absolute Gasteiger partial charge is 0.347 e. The Morgan fingerprint density at radius 1 is 1.67 bits per heavy atom. The Bertz CT molecular complexity index is 346. The maximum absolute atomic E-state index is 11.8. The predicted molar refractivity (Wildman–Crippen MR) is 58.0 cm³/mol. The number of nitrogens with one attached hydrogen (secondary N) is 2. The fourth-order valence-corrected chi connectivity index (χ4v) is 2.23. The molecule has 0 bridgehead atoms. The van der Waals surface area contributed by atoms with Crippen molar-refractivity contribution in [3.63, 3.8) is 0 Å². The van der Waals surface area contributed by atoms with Crippen LogP contribution in [0.4, 0.5) is 0 Å². The zero-order valence-corrected chi connectivity index (χ0v) is 9.43. The van der Waals surface area contributed by atoms with Gasteiger partial charge >= 0.3 is 0 Å². The van der Waals surface area contributed by atoms with E-state index < -0.39 is 0 Å². The molecule has 0 unspecified atom stereocenters. The van der Waals surface area contributed by atoms with E-state index in [0.717, 1.165) is 37.5 Å². The molecule has 2 N–H and O–H groups in total. The van der Waals surface area contributed by atoms with Crippen molar-refractivity contribution >= 4 is 17.4 Å². The van der Waals surface area contributed by atoms with Crippen LogP contribution < -0.4 is 10.6 Å². The molecule has 1 amide bonds. The molecule has 0 spiro atoms. The number of amides is 1. The Kier molecular flexibility index (Phi) is 3.27. The van der Waals surface area contributed by atoms with Crippen molar-refractivity contribution in [1.82, 2.24) is 20.2 Å². The lowest BCUT2D eigenvalue weighted by Crippen LogP contribution is -2.45. The Morgan fingerprint density at radius 3 is 3.13 bits per heavy atom. The molecule has 2 rings (SSSR count). The standard InChI is InChI=1S/C9H14N4OS/c1-6-8(15-13-12-6)9(14)11-7-3-2-4-10-5-7/h7,10H,2-5H2,1H3,(H,11,14)/t7-/m1/s1. The van der Waals surface area contributed by atoms with Gasteiger partial charge in [-0.1, -0.05) is 4.49 Å². The smallest absolute Gasteiger partial charge is 0.265 e. The molecule has 5 nitrogen and oxygen atoms in total. The molecular formula is C9H14N4OS. The van der Waals surface area contributed by atoms with Crippen molar-refractivity contribution in [2.75, 3.05) is 13.1 Å². The lowest BCUT2D eigenvalue weighted by Gasteiger charge is -2.23. The number of nitrogens with zero attached hydrogens (tertiary/aromatic N) is 2. The Hall–Kier alpha value is -1.01. The third-order valence-corrected chi connectivity index (χ3v) is 3.32. The van der Waals surface area contributed by atoms with Crippen LogP contribution in [0.1, 0.15) is 28.2 Å². The summed E-state index contributed by atoms with van der Waals surface area (Å²) in [5.74, 6) is -0.0452. The van der Waals surface area contributed by atoms with E-state index in [1.54, 1.807) is 6.92 Å². The molecule has 1 saturated heterocycles. The van der Waals surface area contributed by atoms with Gasteiger partial charge in [0.15, 0.2) is 0 Å². The topological polar surface area (TPSA) is 66.9 Å². The van der Waals surface area contributed by atoms with E-state index in [0.29, 0.717) is 10.6 Å². The van der Waals surface area contributed by atoms with Gasteiger partial charge in [-0.25, -0.2) is 0 Å². The lowest BCUT2D eigenvalue weighted by atomic mass is 10.1. The van der Waals surface area contributed by atoms with Gasteiger partial charge in [0.1, 0.15) is 4.88 Å². The van der Waals surface area contributed by atoms with Gasteiger partial charge in [0.2, 0.25) is 0 Å². The number of carbonyl (C=O) groups excluding carboxylic acids is 1. The van der Waals surface area contributed by atoms with Crippen molar-refractivity contribution < 1.29 is 4.79 Å². The van der Waals surface area contributed by atoms with Crippen molar-refractivity contribution in [3.8, 4) is 0 Å². The normalized spacial score (nSPS) is 21.3. The van der Waals surface area contributed by atoms with Gasteiger partial charge in [-0.05, 0) is 37.8 Å². The second kappa shape index (κ2) is 4.67. The summed E-state index contributed by atoms with van der Waals surface area (Å²) in [4.78, 5) is 12.4. The molecule has 1 aliphatic rings. The van der Waals surface area contributed by atoms with E-state index in [4.69, 9.17) is 0 Å². The average Bonchev–Trinajstić information content (AvgIpc) is 2.66. The predicted octanol–water partition coefficient (Wildman–Crippen LogP) is 0.328.